The molecule has 0 bridgehead atoms. The van der Waals surface area contributed by atoms with Crippen molar-refractivity contribution in [3.05, 3.63) is 73.2 Å². The number of para-hydroxylation sites is 1. The van der Waals surface area contributed by atoms with Crippen LogP contribution in [0.4, 0.5) is 11.4 Å². The van der Waals surface area contributed by atoms with Crippen molar-refractivity contribution in [2.45, 2.75) is 0 Å². The maximum absolute atomic E-state index is 5.61. The highest BCUT2D eigenvalue weighted by Crippen LogP contribution is 2.33. The molecule has 5 nitrogen and oxygen atoms in total. The highest BCUT2D eigenvalue weighted by Gasteiger charge is 2.09. The predicted molar refractivity (Wildman–Crippen MR) is 94.9 cm³/mol. The molecule has 1 aliphatic heterocycles. The number of hydrogen-bond acceptors (Lipinski definition) is 5. The maximum Gasteiger partial charge on any atom is 0.321 e. The second kappa shape index (κ2) is 5.96. The molecule has 3 aromatic rings. The molecule has 0 radical (unpaired) electrons. The standard InChI is InChI=1S/C19H14N4O/c1-13-10-20-18-9-14(7-8-17(18)23-13)15-11-21-19(22-12-15)24-16-5-3-2-4-6-16/h2-12,23H,1H2. The molecule has 0 unspecified atom stereocenters. The lowest BCUT2D eigenvalue weighted by atomic mass is 10.1. The fourth-order valence-corrected chi connectivity index (χ4v) is 2.39. The van der Waals surface area contributed by atoms with Crippen LogP contribution in [0.15, 0.2) is 78.2 Å². The summed E-state index contributed by atoms with van der Waals surface area (Å²) in [5, 5.41) is 3.18. The van der Waals surface area contributed by atoms with Gasteiger partial charge in [0.25, 0.3) is 0 Å². The van der Waals surface area contributed by atoms with Crippen molar-refractivity contribution in [2.75, 3.05) is 5.32 Å². The average molecular weight is 314 g/mol. The number of aliphatic imine (C=N–C) groups is 1. The van der Waals surface area contributed by atoms with Gasteiger partial charge in [-0.1, -0.05) is 30.8 Å². The van der Waals surface area contributed by atoms with Crippen LogP contribution in [0.25, 0.3) is 11.1 Å². The minimum atomic E-state index is 0.318. The van der Waals surface area contributed by atoms with Crippen LogP contribution in [-0.4, -0.2) is 16.2 Å². The van der Waals surface area contributed by atoms with Gasteiger partial charge in [-0.25, -0.2) is 9.97 Å². The molecular formula is C19H14N4O. The van der Waals surface area contributed by atoms with Gasteiger partial charge in [-0.2, -0.15) is 0 Å². The number of allylic oxidation sites excluding steroid dienone is 1. The molecule has 116 valence electrons. The molecule has 0 spiro atoms. The first-order valence-corrected chi connectivity index (χ1v) is 7.47. The first-order valence-electron chi connectivity index (χ1n) is 7.47. The Kier molecular flexibility index (Phi) is 3.51. The normalized spacial score (nSPS) is 12.4. The van der Waals surface area contributed by atoms with Crippen LogP contribution in [0.1, 0.15) is 0 Å². The number of aromatic nitrogens is 2. The van der Waals surface area contributed by atoms with Crippen LogP contribution in [0.3, 0.4) is 0 Å². The average Bonchev–Trinajstić information content (AvgIpc) is 2.63. The fraction of sp³-hybridized carbons (Fsp3) is 0. The van der Waals surface area contributed by atoms with E-state index in [1.165, 1.54) is 0 Å². The van der Waals surface area contributed by atoms with E-state index in [1.54, 1.807) is 18.6 Å². The lowest BCUT2D eigenvalue weighted by Crippen LogP contribution is -2.03. The molecule has 24 heavy (non-hydrogen) atoms. The highest BCUT2D eigenvalue weighted by atomic mass is 16.5. The van der Waals surface area contributed by atoms with Crippen LogP contribution in [-0.2, 0) is 0 Å². The van der Waals surface area contributed by atoms with Gasteiger partial charge < -0.3 is 10.1 Å². The summed E-state index contributed by atoms with van der Waals surface area (Å²) < 4.78 is 5.61. The Balaban J connectivity index is 1.58. The van der Waals surface area contributed by atoms with Gasteiger partial charge in [0.05, 0.1) is 17.6 Å². The number of nitrogens with one attached hydrogen (secondary N) is 1. The molecule has 0 atom stereocenters. The van der Waals surface area contributed by atoms with E-state index in [9.17, 15) is 0 Å². The van der Waals surface area contributed by atoms with E-state index in [1.807, 2.05) is 48.5 Å². The second-order valence-corrected chi connectivity index (χ2v) is 5.31. The van der Waals surface area contributed by atoms with E-state index in [4.69, 9.17) is 4.74 Å². The number of rotatable bonds is 3. The smallest absolute Gasteiger partial charge is 0.321 e. The van der Waals surface area contributed by atoms with Gasteiger partial charge >= 0.3 is 6.01 Å². The Morgan fingerprint density at radius 3 is 2.50 bits per heavy atom. The van der Waals surface area contributed by atoms with Crippen LogP contribution >= 0.6 is 0 Å². The summed E-state index contributed by atoms with van der Waals surface area (Å²) in [6.45, 7) is 3.84. The molecule has 5 heteroatoms. The molecule has 1 aromatic heterocycles. The van der Waals surface area contributed by atoms with Crippen molar-refractivity contribution >= 4 is 17.6 Å². The van der Waals surface area contributed by atoms with E-state index in [-0.39, 0.29) is 0 Å². The minimum absolute atomic E-state index is 0.318. The van der Waals surface area contributed by atoms with E-state index in [0.29, 0.717) is 11.8 Å². The summed E-state index contributed by atoms with van der Waals surface area (Å²) in [7, 11) is 0. The zero-order chi connectivity index (χ0) is 16.4. The van der Waals surface area contributed by atoms with Crippen molar-refractivity contribution in [2.24, 2.45) is 4.99 Å². The van der Waals surface area contributed by atoms with Gasteiger partial charge in [-0.05, 0) is 29.8 Å². The Bertz CT molecular complexity index is 918. The summed E-state index contributed by atoms with van der Waals surface area (Å²) in [6.07, 6.45) is 5.19. The molecule has 0 aliphatic carbocycles. The molecule has 1 aliphatic rings. The largest absolute Gasteiger partial charge is 0.424 e. The minimum Gasteiger partial charge on any atom is -0.424 e. The van der Waals surface area contributed by atoms with E-state index in [2.05, 4.69) is 26.9 Å². The van der Waals surface area contributed by atoms with E-state index in [0.717, 1.165) is 28.2 Å². The molecular weight excluding hydrogens is 300 g/mol. The van der Waals surface area contributed by atoms with Crippen molar-refractivity contribution in [3.8, 4) is 22.9 Å². The van der Waals surface area contributed by atoms with Gasteiger partial charge in [0, 0.05) is 23.7 Å². The molecule has 4 rings (SSSR count). The number of benzene rings is 2. The Morgan fingerprint density at radius 2 is 1.71 bits per heavy atom. The Labute approximate surface area is 139 Å². The van der Waals surface area contributed by atoms with Gasteiger partial charge in [0.1, 0.15) is 5.75 Å². The topological polar surface area (TPSA) is 59.4 Å². The van der Waals surface area contributed by atoms with Crippen LogP contribution in [0.5, 0.6) is 11.8 Å². The fourth-order valence-electron chi connectivity index (χ4n) is 2.39. The first kappa shape index (κ1) is 14.1. The maximum atomic E-state index is 5.61. The van der Waals surface area contributed by atoms with Crippen molar-refractivity contribution in [3.63, 3.8) is 0 Å². The first-order chi connectivity index (χ1) is 11.8. The third-order valence-corrected chi connectivity index (χ3v) is 3.57. The summed E-state index contributed by atoms with van der Waals surface area (Å²) in [5.41, 5.74) is 4.48. The predicted octanol–water partition coefficient (Wildman–Crippen LogP) is 4.58. The monoisotopic (exact) mass is 314 g/mol. The zero-order valence-corrected chi connectivity index (χ0v) is 12.8. The summed E-state index contributed by atoms with van der Waals surface area (Å²) in [5.74, 6) is 0.708. The number of anilines is 1. The number of ether oxygens (including phenoxy) is 1. The number of nitrogens with zero attached hydrogens (tertiary/aromatic N) is 3. The molecule has 0 amide bonds. The molecule has 0 fully saturated rings. The van der Waals surface area contributed by atoms with E-state index >= 15 is 0 Å². The third kappa shape index (κ3) is 2.87. The molecule has 2 aromatic carbocycles. The van der Waals surface area contributed by atoms with Gasteiger partial charge in [0.2, 0.25) is 0 Å². The molecule has 0 saturated carbocycles. The second-order valence-electron chi connectivity index (χ2n) is 5.31. The van der Waals surface area contributed by atoms with Crippen molar-refractivity contribution in [1.29, 1.82) is 0 Å². The highest BCUT2D eigenvalue weighted by molar-refractivity contribution is 5.92. The van der Waals surface area contributed by atoms with E-state index < -0.39 is 0 Å². The summed E-state index contributed by atoms with van der Waals surface area (Å²) in [4.78, 5) is 12.9. The van der Waals surface area contributed by atoms with Crippen LogP contribution in [0, 0.1) is 0 Å². The van der Waals surface area contributed by atoms with Crippen LogP contribution in [0.2, 0.25) is 0 Å². The van der Waals surface area contributed by atoms with Gasteiger partial charge in [-0.3, -0.25) is 4.99 Å². The van der Waals surface area contributed by atoms with Crippen molar-refractivity contribution < 1.29 is 4.74 Å². The molecule has 2 heterocycles. The number of fused-ring (bicyclic) bond motifs is 1. The van der Waals surface area contributed by atoms with Gasteiger partial charge in [-0.15, -0.1) is 0 Å². The zero-order valence-electron chi connectivity index (χ0n) is 12.8. The SMILES string of the molecule is C=C1C=Nc2cc(-c3cnc(Oc4ccccc4)nc3)ccc2N1. The summed E-state index contributed by atoms with van der Waals surface area (Å²) >= 11 is 0. The summed E-state index contributed by atoms with van der Waals surface area (Å²) in [6, 6.07) is 15.7. The molecule has 1 N–H and O–H groups in total. The van der Waals surface area contributed by atoms with Gasteiger partial charge in [0.15, 0.2) is 0 Å². The number of hydrogen-bond donors (Lipinski definition) is 1. The third-order valence-electron chi connectivity index (χ3n) is 3.57. The van der Waals surface area contributed by atoms with Crippen LogP contribution < -0.4 is 10.1 Å². The Hall–Kier alpha value is -3.47. The Morgan fingerprint density at radius 1 is 0.917 bits per heavy atom. The lowest BCUT2D eigenvalue weighted by Gasteiger charge is -2.14. The molecule has 0 saturated heterocycles. The van der Waals surface area contributed by atoms with Crippen molar-refractivity contribution in [1.82, 2.24) is 9.97 Å². The lowest BCUT2D eigenvalue weighted by molar-refractivity contribution is 0.442. The quantitative estimate of drug-likeness (QED) is 0.769.